The molecule has 1 heterocycles. The number of ether oxygens (including phenoxy) is 1. The Morgan fingerprint density at radius 3 is 2.67 bits per heavy atom. The van der Waals surface area contributed by atoms with Gasteiger partial charge in [-0.25, -0.2) is 0 Å². The van der Waals surface area contributed by atoms with Gasteiger partial charge in [0.1, 0.15) is 18.5 Å². The molecular formula is C11H19NO3. The Labute approximate surface area is 90.5 Å². The fourth-order valence-corrected chi connectivity index (χ4v) is 0.854. The number of hydrogen-bond acceptors (Lipinski definition) is 4. The lowest BCUT2D eigenvalue weighted by atomic mass is 10.3. The van der Waals surface area contributed by atoms with Gasteiger partial charge in [-0.1, -0.05) is 13.8 Å². The minimum atomic E-state index is -0.825. The average Bonchev–Trinajstić information content (AvgIpc) is 2.29. The highest BCUT2D eigenvalue weighted by Gasteiger charge is 2.02. The molecule has 0 aliphatic rings. The Bertz CT molecular complexity index is 266. The minimum absolute atomic E-state index is 0.0972. The van der Waals surface area contributed by atoms with E-state index >= 15 is 0 Å². The SMILES string of the molecule is CC.Cc1cc(OCC(O)CO)ccn1. The fourth-order valence-electron chi connectivity index (χ4n) is 0.854. The molecule has 4 nitrogen and oxygen atoms in total. The summed E-state index contributed by atoms with van der Waals surface area (Å²) in [5.74, 6) is 0.653. The van der Waals surface area contributed by atoms with Gasteiger partial charge in [-0.3, -0.25) is 4.98 Å². The molecule has 86 valence electrons. The lowest BCUT2D eigenvalue weighted by Crippen LogP contribution is -2.21. The van der Waals surface area contributed by atoms with Gasteiger partial charge in [-0.15, -0.1) is 0 Å². The van der Waals surface area contributed by atoms with Crippen LogP contribution < -0.4 is 4.74 Å². The summed E-state index contributed by atoms with van der Waals surface area (Å²) in [6.07, 6.45) is 0.809. The first kappa shape index (κ1) is 13.9. The zero-order valence-corrected chi connectivity index (χ0v) is 9.47. The molecule has 2 N–H and O–H groups in total. The molecule has 1 unspecified atom stereocenters. The molecule has 1 rings (SSSR count). The lowest BCUT2D eigenvalue weighted by molar-refractivity contribution is 0.0535. The van der Waals surface area contributed by atoms with Crippen molar-refractivity contribution in [3.63, 3.8) is 0 Å². The highest BCUT2D eigenvalue weighted by atomic mass is 16.5. The zero-order valence-electron chi connectivity index (χ0n) is 9.47. The summed E-state index contributed by atoms with van der Waals surface area (Å²) in [5.41, 5.74) is 0.857. The quantitative estimate of drug-likeness (QED) is 0.787. The minimum Gasteiger partial charge on any atom is -0.491 e. The van der Waals surface area contributed by atoms with E-state index < -0.39 is 6.10 Å². The zero-order chi connectivity index (χ0) is 11.7. The molecule has 0 amide bonds. The van der Waals surface area contributed by atoms with E-state index in [0.29, 0.717) is 5.75 Å². The Balaban J connectivity index is 0.000000921. The average molecular weight is 213 g/mol. The molecule has 0 radical (unpaired) electrons. The maximum absolute atomic E-state index is 9.00. The summed E-state index contributed by atoms with van der Waals surface area (Å²) in [7, 11) is 0. The van der Waals surface area contributed by atoms with Crippen LogP contribution in [0.1, 0.15) is 19.5 Å². The first-order chi connectivity index (χ1) is 7.22. The van der Waals surface area contributed by atoms with Crippen LogP contribution in [0.3, 0.4) is 0 Å². The van der Waals surface area contributed by atoms with Crippen LogP contribution >= 0.6 is 0 Å². The van der Waals surface area contributed by atoms with Crippen LogP contribution in [0.2, 0.25) is 0 Å². The first-order valence-electron chi connectivity index (χ1n) is 5.06. The molecule has 0 saturated carbocycles. The maximum atomic E-state index is 9.00. The third-order valence-electron chi connectivity index (χ3n) is 1.52. The topological polar surface area (TPSA) is 62.6 Å². The molecule has 0 aromatic carbocycles. The molecular weight excluding hydrogens is 194 g/mol. The standard InChI is InChI=1S/C9H13NO3.C2H6/c1-7-4-9(2-3-10-7)13-6-8(12)5-11;1-2/h2-4,8,11-12H,5-6H2,1H3;1-2H3. The van der Waals surface area contributed by atoms with Gasteiger partial charge in [0.25, 0.3) is 0 Å². The molecule has 0 bridgehead atoms. The molecule has 0 fully saturated rings. The van der Waals surface area contributed by atoms with Crippen LogP contribution in [-0.4, -0.2) is 34.5 Å². The summed E-state index contributed by atoms with van der Waals surface area (Å²) >= 11 is 0. The van der Waals surface area contributed by atoms with Crippen molar-refractivity contribution in [2.45, 2.75) is 26.9 Å². The lowest BCUT2D eigenvalue weighted by Gasteiger charge is -2.09. The smallest absolute Gasteiger partial charge is 0.122 e. The maximum Gasteiger partial charge on any atom is 0.122 e. The van der Waals surface area contributed by atoms with Gasteiger partial charge in [0.2, 0.25) is 0 Å². The van der Waals surface area contributed by atoms with Gasteiger partial charge in [0.05, 0.1) is 6.61 Å². The van der Waals surface area contributed by atoms with Crippen molar-refractivity contribution < 1.29 is 14.9 Å². The van der Waals surface area contributed by atoms with Crippen LogP contribution in [0.4, 0.5) is 0 Å². The van der Waals surface area contributed by atoms with E-state index in [9.17, 15) is 0 Å². The molecule has 15 heavy (non-hydrogen) atoms. The summed E-state index contributed by atoms with van der Waals surface area (Å²) in [4.78, 5) is 4.00. The van der Waals surface area contributed by atoms with Crippen molar-refractivity contribution in [3.8, 4) is 5.75 Å². The van der Waals surface area contributed by atoms with E-state index in [1.807, 2.05) is 20.8 Å². The molecule has 1 atom stereocenters. The molecule has 4 heteroatoms. The number of aliphatic hydroxyl groups excluding tert-OH is 2. The van der Waals surface area contributed by atoms with E-state index in [1.165, 1.54) is 0 Å². The van der Waals surface area contributed by atoms with Gasteiger partial charge in [-0.05, 0) is 13.0 Å². The number of nitrogens with zero attached hydrogens (tertiary/aromatic N) is 1. The van der Waals surface area contributed by atoms with Crippen molar-refractivity contribution >= 4 is 0 Å². The van der Waals surface area contributed by atoms with E-state index in [-0.39, 0.29) is 13.2 Å². The molecule has 1 aromatic rings. The van der Waals surface area contributed by atoms with Gasteiger partial charge in [-0.2, -0.15) is 0 Å². The number of aryl methyl sites for hydroxylation is 1. The molecule has 1 aromatic heterocycles. The number of pyridine rings is 1. The van der Waals surface area contributed by atoms with Crippen molar-refractivity contribution in [2.24, 2.45) is 0 Å². The molecule has 0 saturated heterocycles. The second kappa shape index (κ2) is 8.20. The van der Waals surface area contributed by atoms with E-state index in [2.05, 4.69) is 4.98 Å². The van der Waals surface area contributed by atoms with E-state index in [4.69, 9.17) is 14.9 Å². The fraction of sp³-hybridized carbons (Fsp3) is 0.545. The van der Waals surface area contributed by atoms with Crippen molar-refractivity contribution in [1.82, 2.24) is 4.98 Å². The van der Waals surface area contributed by atoms with Crippen LogP contribution in [0.25, 0.3) is 0 Å². The number of hydrogen-bond donors (Lipinski definition) is 2. The van der Waals surface area contributed by atoms with E-state index in [1.54, 1.807) is 18.3 Å². The molecule has 0 aliphatic heterocycles. The third kappa shape index (κ3) is 6.04. The predicted molar refractivity (Wildman–Crippen MR) is 58.9 cm³/mol. The van der Waals surface area contributed by atoms with Crippen LogP contribution in [0, 0.1) is 6.92 Å². The Morgan fingerprint density at radius 1 is 1.47 bits per heavy atom. The van der Waals surface area contributed by atoms with Gasteiger partial charge < -0.3 is 14.9 Å². The van der Waals surface area contributed by atoms with Crippen LogP contribution in [-0.2, 0) is 0 Å². The normalized spacial score (nSPS) is 11.3. The highest BCUT2D eigenvalue weighted by molar-refractivity contribution is 5.21. The van der Waals surface area contributed by atoms with Gasteiger partial charge in [0, 0.05) is 18.0 Å². The van der Waals surface area contributed by atoms with Crippen LogP contribution in [0.15, 0.2) is 18.3 Å². The second-order valence-corrected chi connectivity index (χ2v) is 2.78. The molecule has 0 aliphatic carbocycles. The monoisotopic (exact) mass is 213 g/mol. The summed E-state index contributed by atoms with van der Waals surface area (Å²) in [6.45, 7) is 5.67. The summed E-state index contributed by atoms with van der Waals surface area (Å²) < 4.78 is 5.19. The third-order valence-corrected chi connectivity index (χ3v) is 1.52. The highest BCUT2D eigenvalue weighted by Crippen LogP contribution is 2.09. The first-order valence-corrected chi connectivity index (χ1v) is 5.06. The number of aliphatic hydroxyl groups is 2. The van der Waals surface area contributed by atoms with Crippen LogP contribution in [0.5, 0.6) is 5.75 Å². The summed E-state index contributed by atoms with van der Waals surface area (Å²) in [6, 6.07) is 3.47. The predicted octanol–water partition coefficient (Wildman–Crippen LogP) is 1.15. The Morgan fingerprint density at radius 2 is 2.13 bits per heavy atom. The van der Waals surface area contributed by atoms with Crippen molar-refractivity contribution in [3.05, 3.63) is 24.0 Å². The van der Waals surface area contributed by atoms with Gasteiger partial charge in [0.15, 0.2) is 0 Å². The second-order valence-electron chi connectivity index (χ2n) is 2.78. The van der Waals surface area contributed by atoms with Crippen molar-refractivity contribution in [2.75, 3.05) is 13.2 Å². The Kier molecular flexibility index (Phi) is 7.58. The van der Waals surface area contributed by atoms with Gasteiger partial charge >= 0.3 is 0 Å². The summed E-state index contributed by atoms with van der Waals surface area (Å²) in [5, 5.41) is 17.5. The molecule has 0 spiro atoms. The largest absolute Gasteiger partial charge is 0.491 e. The Hall–Kier alpha value is -1.13. The number of aromatic nitrogens is 1. The number of rotatable bonds is 4. The van der Waals surface area contributed by atoms with E-state index in [0.717, 1.165) is 5.69 Å². The van der Waals surface area contributed by atoms with Crippen molar-refractivity contribution in [1.29, 1.82) is 0 Å².